The normalized spacial score (nSPS) is 11.3. The van der Waals surface area contributed by atoms with Crippen LogP contribution in [0.5, 0.6) is 5.75 Å². The van der Waals surface area contributed by atoms with Crippen LogP contribution in [0.2, 0.25) is 5.02 Å². The summed E-state index contributed by atoms with van der Waals surface area (Å²) in [4.78, 5) is 36.3. The number of ether oxygens (including phenoxy) is 1. The Hall–Kier alpha value is -3.87. The fourth-order valence-corrected chi connectivity index (χ4v) is 2.92. The standard InChI is InChI=1S/C18H13ClF3N5O5/c1-32-14-7-10(3-5-13(14)27(30)31)26-17(29)24-15(25-26)11-6-9(2-4-12(11)19)8-23-16(28)18(20,21)22/h2-7H,8H2,1H3,(H,23,28)(H,24,25,29). The molecule has 0 aliphatic heterocycles. The van der Waals surface area contributed by atoms with Crippen molar-refractivity contribution >= 4 is 23.2 Å². The number of nitrogens with one attached hydrogen (secondary N) is 2. The molecule has 1 aromatic heterocycles. The maximum Gasteiger partial charge on any atom is 0.471 e. The van der Waals surface area contributed by atoms with Crippen LogP contribution < -0.4 is 15.7 Å². The van der Waals surface area contributed by atoms with Gasteiger partial charge in [0, 0.05) is 24.2 Å². The fraction of sp³-hybridized carbons (Fsp3) is 0.167. The number of amides is 1. The van der Waals surface area contributed by atoms with Crippen LogP contribution in [0.3, 0.4) is 0 Å². The van der Waals surface area contributed by atoms with E-state index in [2.05, 4.69) is 10.1 Å². The number of alkyl halides is 3. The Morgan fingerprint density at radius 1 is 1.31 bits per heavy atom. The molecule has 0 saturated heterocycles. The summed E-state index contributed by atoms with van der Waals surface area (Å²) in [6.45, 7) is -0.437. The summed E-state index contributed by atoms with van der Waals surface area (Å²) in [6, 6.07) is 7.81. The Balaban J connectivity index is 1.94. The molecule has 0 saturated carbocycles. The van der Waals surface area contributed by atoms with Gasteiger partial charge in [-0.25, -0.2) is 4.79 Å². The summed E-state index contributed by atoms with van der Waals surface area (Å²) in [6.07, 6.45) is -5.02. The zero-order chi connectivity index (χ0) is 23.6. The summed E-state index contributed by atoms with van der Waals surface area (Å²) >= 11 is 6.14. The number of H-pyrrole nitrogens is 1. The van der Waals surface area contributed by atoms with Gasteiger partial charge in [-0.05, 0) is 23.8 Å². The highest BCUT2D eigenvalue weighted by Gasteiger charge is 2.38. The first kappa shape index (κ1) is 22.8. The van der Waals surface area contributed by atoms with Gasteiger partial charge in [0.05, 0.1) is 22.7 Å². The highest BCUT2D eigenvalue weighted by atomic mass is 35.5. The minimum atomic E-state index is -5.02. The third-order valence-corrected chi connectivity index (χ3v) is 4.55. The Morgan fingerprint density at radius 3 is 2.66 bits per heavy atom. The average molecular weight is 472 g/mol. The Morgan fingerprint density at radius 2 is 2.03 bits per heavy atom. The van der Waals surface area contributed by atoms with Crippen LogP contribution in [0, 0.1) is 10.1 Å². The van der Waals surface area contributed by atoms with E-state index in [1.807, 2.05) is 0 Å². The van der Waals surface area contributed by atoms with Crippen molar-refractivity contribution in [1.82, 2.24) is 20.1 Å². The lowest BCUT2D eigenvalue weighted by Crippen LogP contribution is -2.36. The van der Waals surface area contributed by atoms with Gasteiger partial charge in [0.25, 0.3) is 0 Å². The number of benzene rings is 2. The highest BCUT2D eigenvalue weighted by molar-refractivity contribution is 6.33. The zero-order valence-electron chi connectivity index (χ0n) is 16.1. The van der Waals surface area contributed by atoms with Crippen LogP contribution in [-0.4, -0.2) is 38.9 Å². The first-order chi connectivity index (χ1) is 15.0. The van der Waals surface area contributed by atoms with E-state index < -0.39 is 29.2 Å². The van der Waals surface area contributed by atoms with Gasteiger partial charge in [0.1, 0.15) is 0 Å². The molecule has 0 aliphatic carbocycles. The number of nitro groups is 1. The predicted octanol–water partition coefficient (Wildman–Crippen LogP) is 2.98. The van der Waals surface area contributed by atoms with Crippen LogP contribution in [0.15, 0.2) is 41.2 Å². The molecule has 1 amide bonds. The molecule has 3 aromatic rings. The van der Waals surface area contributed by atoms with E-state index in [-0.39, 0.29) is 39.1 Å². The SMILES string of the molecule is COc1cc(-n2nc(-c3cc(CNC(=O)C(F)(F)F)ccc3Cl)[nH]c2=O)ccc1[N+](=O)[O-]. The highest BCUT2D eigenvalue weighted by Crippen LogP contribution is 2.30. The number of rotatable bonds is 6. The van der Waals surface area contributed by atoms with E-state index in [1.165, 1.54) is 37.4 Å². The van der Waals surface area contributed by atoms with Gasteiger partial charge in [-0.2, -0.15) is 17.9 Å². The molecule has 0 unspecified atom stereocenters. The number of halogens is 4. The predicted molar refractivity (Wildman–Crippen MR) is 106 cm³/mol. The average Bonchev–Trinajstić information content (AvgIpc) is 3.12. The third kappa shape index (κ3) is 4.72. The Labute approximate surface area is 181 Å². The van der Waals surface area contributed by atoms with Crippen molar-refractivity contribution in [2.24, 2.45) is 0 Å². The zero-order valence-corrected chi connectivity index (χ0v) is 16.8. The van der Waals surface area contributed by atoms with Crippen molar-refractivity contribution in [1.29, 1.82) is 0 Å². The van der Waals surface area contributed by atoms with E-state index in [9.17, 15) is 32.9 Å². The molecular formula is C18H13ClF3N5O5. The minimum Gasteiger partial charge on any atom is -0.490 e. The van der Waals surface area contributed by atoms with Crippen molar-refractivity contribution < 1.29 is 27.6 Å². The summed E-state index contributed by atoms with van der Waals surface area (Å²) in [5, 5.41) is 17.0. The van der Waals surface area contributed by atoms with E-state index in [0.717, 1.165) is 10.7 Å². The molecule has 1 heterocycles. The first-order valence-corrected chi connectivity index (χ1v) is 9.05. The second-order valence-corrected chi connectivity index (χ2v) is 6.71. The van der Waals surface area contributed by atoms with Gasteiger partial charge in [-0.15, -0.1) is 5.10 Å². The summed E-state index contributed by atoms with van der Waals surface area (Å²) in [5.41, 5.74) is -0.395. The molecule has 2 aromatic carbocycles. The van der Waals surface area contributed by atoms with Crippen molar-refractivity contribution in [3.05, 3.63) is 67.6 Å². The molecule has 0 radical (unpaired) electrons. The Kier molecular flexibility index (Phi) is 6.20. The van der Waals surface area contributed by atoms with Crippen LogP contribution >= 0.6 is 11.6 Å². The van der Waals surface area contributed by atoms with Gasteiger partial charge in [-0.3, -0.25) is 19.9 Å². The maximum absolute atomic E-state index is 12.4. The molecule has 0 aliphatic rings. The minimum absolute atomic E-state index is 0.0127. The molecule has 0 spiro atoms. The smallest absolute Gasteiger partial charge is 0.471 e. The molecule has 32 heavy (non-hydrogen) atoms. The summed E-state index contributed by atoms with van der Waals surface area (Å²) in [5.74, 6) is -2.20. The summed E-state index contributed by atoms with van der Waals surface area (Å²) in [7, 11) is 1.23. The molecule has 0 fully saturated rings. The van der Waals surface area contributed by atoms with Crippen molar-refractivity contribution in [2.75, 3.05) is 7.11 Å². The van der Waals surface area contributed by atoms with E-state index >= 15 is 0 Å². The molecule has 168 valence electrons. The number of nitrogens with zero attached hydrogens (tertiary/aromatic N) is 3. The molecule has 10 nitrogen and oxygen atoms in total. The van der Waals surface area contributed by atoms with Crippen LogP contribution in [-0.2, 0) is 11.3 Å². The lowest BCUT2D eigenvalue weighted by molar-refractivity contribution is -0.385. The van der Waals surface area contributed by atoms with E-state index in [4.69, 9.17) is 16.3 Å². The van der Waals surface area contributed by atoms with Gasteiger partial charge < -0.3 is 10.1 Å². The van der Waals surface area contributed by atoms with Gasteiger partial charge in [0.15, 0.2) is 11.6 Å². The molecule has 14 heteroatoms. The number of carbonyl (C=O) groups excluding carboxylic acids is 1. The number of methoxy groups -OCH3 is 1. The number of aromatic amines is 1. The van der Waals surface area contributed by atoms with E-state index in [0.29, 0.717) is 0 Å². The molecule has 0 bridgehead atoms. The first-order valence-electron chi connectivity index (χ1n) is 8.67. The Bertz CT molecular complexity index is 1250. The van der Waals surface area contributed by atoms with Crippen molar-refractivity contribution in [3.8, 4) is 22.8 Å². The third-order valence-electron chi connectivity index (χ3n) is 4.22. The van der Waals surface area contributed by atoms with Gasteiger partial charge in [-0.1, -0.05) is 17.7 Å². The molecule has 0 atom stereocenters. The lowest BCUT2D eigenvalue weighted by atomic mass is 10.1. The second kappa shape index (κ2) is 8.70. The van der Waals surface area contributed by atoms with Gasteiger partial charge in [0.2, 0.25) is 0 Å². The largest absolute Gasteiger partial charge is 0.490 e. The quantitative estimate of drug-likeness (QED) is 0.419. The number of carbonyl (C=O) groups is 1. The number of hydrogen-bond acceptors (Lipinski definition) is 6. The molecule has 2 N–H and O–H groups in total. The number of aromatic nitrogens is 3. The number of nitro benzene ring substituents is 1. The fourth-order valence-electron chi connectivity index (χ4n) is 2.72. The van der Waals surface area contributed by atoms with E-state index in [1.54, 1.807) is 5.32 Å². The van der Waals surface area contributed by atoms with Crippen molar-refractivity contribution in [2.45, 2.75) is 12.7 Å². The van der Waals surface area contributed by atoms with Crippen LogP contribution in [0.25, 0.3) is 17.1 Å². The summed E-state index contributed by atoms with van der Waals surface area (Å²) < 4.78 is 43.0. The van der Waals surface area contributed by atoms with Crippen molar-refractivity contribution in [3.63, 3.8) is 0 Å². The maximum atomic E-state index is 12.4. The monoisotopic (exact) mass is 471 g/mol. The van der Waals surface area contributed by atoms with Crippen LogP contribution in [0.4, 0.5) is 18.9 Å². The van der Waals surface area contributed by atoms with Crippen LogP contribution in [0.1, 0.15) is 5.56 Å². The van der Waals surface area contributed by atoms with Gasteiger partial charge >= 0.3 is 23.5 Å². The second-order valence-electron chi connectivity index (χ2n) is 6.30. The molecular weight excluding hydrogens is 459 g/mol. The lowest BCUT2D eigenvalue weighted by Gasteiger charge is -2.09. The molecule has 3 rings (SSSR count). The topological polar surface area (TPSA) is 132 Å². The number of hydrogen-bond donors (Lipinski definition) is 2.